The lowest BCUT2D eigenvalue weighted by Crippen LogP contribution is -2.49. The number of nitrogens with one attached hydrogen (secondary N) is 1. The second-order valence-corrected chi connectivity index (χ2v) is 8.49. The molecule has 32 heavy (non-hydrogen) atoms. The Balaban J connectivity index is 1.48. The van der Waals surface area contributed by atoms with E-state index >= 15 is 0 Å². The number of hydrogen-bond acceptors (Lipinski definition) is 5. The van der Waals surface area contributed by atoms with Gasteiger partial charge in [-0.25, -0.2) is 18.7 Å². The average molecular weight is 440 g/mol. The summed E-state index contributed by atoms with van der Waals surface area (Å²) in [5.74, 6) is 0.558. The van der Waals surface area contributed by atoms with Crippen LogP contribution in [-0.4, -0.2) is 38.7 Å². The molecule has 1 amide bonds. The number of aromatic nitrogens is 4. The highest BCUT2D eigenvalue weighted by Crippen LogP contribution is 2.33. The molecular formula is C23H26F2N6O. The molecule has 0 saturated carbocycles. The zero-order chi connectivity index (χ0) is 23.0. The number of carbonyl (C=O) groups excluding carboxylic acids is 1. The Morgan fingerprint density at radius 3 is 2.72 bits per heavy atom. The summed E-state index contributed by atoms with van der Waals surface area (Å²) >= 11 is 0. The van der Waals surface area contributed by atoms with E-state index in [2.05, 4.69) is 15.4 Å². The number of hydrogen-bond donors (Lipinski definition) is 1. The van der Waals surface area contributed by atoms with E-state index in [9.17, 15) is 13.6 Å². The van der Waals surface area contributed by atoms with Gasteiger partial charge in [0, 0.05) is 25.2 Å². The second-order valence-electron chi connectivity index (χ2n) is 8.49. The minimum atomic E-state index is -0.477. The third kappa shape index (κ3) is 4.32. The highest BCUT2D eigenvalue weighted by molar-refractivity contribution is 6.03. The fourth-order valence-electron chi connectivity index (χ4n) is 4.10. The molecule has 0 spiro atoms. The number of nitrogens with zero attached hydrogens (tertiary/aromatic N) is 5. The summed E-state index contributed by atoms with van der Waals surface area (Å²) in [5.41, 5.74) is 2.58. The Labute approximate surface area is 185 Å². The number of halogens is 2. The molecule has 1 atom stereocenters. The Kier molecular flexibility index (Phi) is 5.90. The molecule has 4 rings (SSSR count). The number of likely N-dealkylation sites (N-methyl/N-ethyl adjacent to an activating group) is 1. The lowest BCUT2D eigenvalue weighted by atomic mass is 9.99. The van der Waals surface area contributed by atoms with Gasteiger partial charge >= 0.3 is 0 Å². The largest absolute Gasteiger partial charge is 0.346 e. The smallest absolute Gasteiger partial charge is 0.247 e. The summed E-state index contributed by atoms with van der Waals surface area (Å²) in [6.07, 6.45) is 4.76. The molecule has 0 saturated heterocycles. The third-order valence-corrected chi connectivity index (χ3v) is 5.68. The van der Waals surface area contributed by atoms with Crippen LogP contribution in [0.2, 0.25) is 0 Å². The number of benzene rings is 1. The molecule has 9 heteroatoms. The van der Waals surface area contributed by atoms with Crippen molar-refractivity contribution in [2.75, 3.05) is 17.3 Å². The molecule has 3 heterocycles. The van der Waals surface area contributed by atoms with E-state index in [1.807, 2.05) is 38.9 Å². The highest BCUT2D eigenvalue weighted by atomic mass is 19.1. The van der Waals surface area contributed by atoms with Crippen molar-refractivity contribution >= 4 is 17.4 Å². The second kappa shape index (κ2) is 8.64. The molecule has 3 aromatic rings. The van der Waals surface area contributed by atoms with Crippen LogP contribution in [-0.2, 0) is 24.2 Å². The van der Waals surface area contributed by atoms with Crippen LogP contribution in [0.4, 0.5) is 20.3 Å². The molecular weight excluding hydrogens is 414 g/mol. The van der Waals surface area contributed by atoms with Crippen LogP contribution in [0.3, 0.4) is 0 Å². The van der Waals surface area contributed by atoms with Crippen molar-refractivity contribution in [3.8, 4) is 0 Å². The summed E-state index contributed by atoms with van der Waals surface area (Å²) in [7, 11) is 1.88. The van der Waals surface area contributed by atoms with E-state index in [4.69, 9.17) is 4.98 Å². The summed E-state index contributed by atoms with van der Waals surface area (Å²) in [4.78, 5) is 23.7. The van der Waals surface area contributed by atoms with Gasteiger partial charge in [0.25, 0.3) is 0 Å². The zero-order valence-electron chi connectivity index (χ0n) is 18.6. The molecule has 168 valence electrons. The van der Waals surface area contributed by atoms with Crippen LogP contribution >= 0.6 is 0 Å². The van der Waals surface area contributed by atoms with Gasteiger partial charge in [0.05, 0.1) is 18.4 Å². The fraction of sp³-hybridized carbons (Fsp3) is 0.391. The summed E-state index contributed by atoms with van der Waals surface area (Å²) in [6, 6.07) is 3.11. The predicted octanol–water partition coefficient (Wildman–Crippen LogP) is 3.51. The normalized spacial score (nSPS) is 15.8. The fourth-order valence-corrected chi connectivity index (χ4v) is 4.10. The molecule has 1 N–H and O–H groups in total. The van der Waals surface area contributed by atoms with E-state index in [-0.39, 0.29) is 30.0 Å². The Morgan fingerprint density at radius 2 is 1.97 bits per heavy atom. The lowest BCUT2D eigenvalue weighted by Gasteiger charge is -2.36. The average Bonchev–Trinajstić information content (AvgIpc) is 3.17. The van der Waals surface area contributed by atoms with Crippen molar-refractivity contribution in [1.82, 2.24) is 19.7 Å². The topological polar surface area (TPSA) is 75.9 Å². The predicted molar refractivity (Wildman–Crippen MR) is 118 cm³/mol. The number of carbonyl (C=O) groups is 1. The van der Waals surface area contributed by atoms with E-state index in [0.29, 0.717) is 24.4 Å². The van der Waals surface area contributed by atoms with E-state index < -0.39 is 11.6 Å². The van der Waals surface area contributed by atoms with Crippen molar-refractivity contribution in [2.24, 2.45) is 5.92 Å². The first-order valence-electron chi connectivity index (χ1n) is 10.6. The van der Waals surface area contributed by atoms with Gasteiger partial charge in [-0.15, -0.1) is 0 Å². The molecule has 1 aromatic carbocycles. The van der Waals surface area contributed by atoms with Crippen molar-refractivity contribution in [1.29, 1.82) is 0 Å². The third-order valence-electron chi connectivity index (χ3n) is 5.68. The van der Waals surface area contributed by atoms with Gasteiger partial charge in [0.15, 0.2) is 5.82 Å². The highest BCUT2D eigenvalue weighted by Gasteiger charge is 2.35. The molecule has 0 bridgehead atoms. The number of aryl methyl sites for hydroxylation is 3. The quantitative estimate of drug-likeness (QED) is 0.635. The maximum atomic E-state index is 13.9. The monoisotopic (exact) mass is 440 g/mol. The van der Waals surface area contributed by atoms with Crippen LogP contribution < -0.4 is 10.2 Å². The SMILES string of the molecule is Cc1nc(CCc2cnn(Cc3cc(F)ccc3F)c2)nc2c1NC(=O)[C@H](C(C)C)N2C. The van der Waals surface area contributed by atoms with Crippen molar-refractivity contribution in [3.63, 3.8) is 0 Å². The standard InChI is InChI=1S/C23H26F2N6O/c1-13(2)21-23(32)29-20-14(3)27-19(28-22(20)30(21)4)8-5-15-10-26-31(11-15)12-16-9-17(24)6-7-18(16)25/h6-7,9-11,13,21H,5,8,12H2,1-4H3,(H,29,32)/t21-/m0/s1. The Bertz CT molecular complexity index is 1160. The summed E-state index contributed by atoms with van der Waals surface area (Å²) in [6.45, 7) is 6.03. The van der Waals surface area contributed by atoms with Crippen molar-refractivity contribution in [3.05, 3.63) is 64.9 Å². The van der Waals surface area contributed by atoms with Gasteiger partial charge in [-0.2, -0.15) is 5.10 Å². The van der Waals surface area contributed by atoms with E-state index in [1.54, 1.807) is 10.9 Å². The number of rotatable bonds is 6. The van der Waals surface area contributed by atoms with Crippen LogP contribution in [0.15, 0.2) is 30.6 Å². The first-order valence-corrected chi connectivity index (χ1v) is 10.6. The van der Waals surface area contributed by atoms with Gasteiger partial charge in [-0.1, -0.05) is 13.8 Å². The van der Waals surface area contributed by atoms with Crippen LogP contribution in [0.5, 0.6) is 0 Å². The molecule has 2 aromatic heterocycles. The minimum absolute atomic E-state index is 0.0448. The molecule has 1 aliphatic heterocycles. The van der Waals surface area contributed by atoms with Gasteiger partial charge in [0.2, 0.25) is 5.91 Å². The molecule has 0 fully saturated rings. The first kappa shape index (κ1) is 21.9. The maximum Gasteiger partial charge on any atom is 0.247 e. The summed E-state index contributed by atoms with van der Waals surface area (Å²) in [5, 5.41) is 7.21. The Morgan fingerprint density at radius 1 is 1.19 bits per heavy atom. The first-order chi connectivity index (χ1) is 15.2. The lowest BCUT2D eigenvalue weighted by molar-refractivity contribution is -0.118. The van der Waals surface area contributed by atoms with Crippen molar-refractivity contribution in [2.45, 2.75) is 46.2 Å². The minimum Gasteiger partial charge on any atom is -0.346 e. The molecule has 0 aliphatic carbocycles. The molecule has 1 aliphatic rings. The number of amides is 1. The van der Waals surface area contributed by atoms with Gasteiger partial charge in [-0.3, -0.25) is 9.48 Å². The van der Waals surface area contributed by atoms with Gasteiger partial charge in [0.1, 0.15) is 29.2 Å². The zero-order valence-corrected chi connectivity index (χ0v) is 18.6. The molecule has 0 unspecified atom stereocenters. The van der Waals surface area contributed by atoms with Crippen LogP contribution in [0.1, 0.15) is 36.5 Å². The molecule has 7 nitrogen and oxygen atoms in total. The summed E-state index contributed by atoms with van der Waals surface area (Å²) < 4.78 is 28.9. The van der Waals surface area contributed by atoms with Crippen LogP contribution in [0, 0.1) is 24.5 Å². The van der Waals surface area contributed by atoms with E-state index in [1.165, 1.54) is 6.07 Å². The van der Waals surface area contributed by atoms with Crippen LogP contribution in [0.25, 0.3) is 0 Å². The maximum absolute atomic E-state index is 13.9. The number of fused-ring (bicyclic) bond motifs is 1. The number of anilines is 2. The molecule has 0 radical (unpaired) electrons. The van der Waals surface area contributed by atoms with Gasteiger partial charge < -0.3 is 10.2 Å². The van der Waals surface area contributed by atoms with E-state index in [0.717, 1.165) is 29.2 Å². The van der Waals surface area contributed by atoms with Crippen molar-refractivity contribution < 1.29 is 13.6 Å². The Hall–Kier alpha value is -3.36. The van der Waals surface area contributed by atoms with Gasteiger partial charge in [-0.05, 0) is 43.0 Å².